The Kier molecular flexibility index (Phi) is 3.35. The first-order valence-corrected chi connectivity index (χ1v) is 8.76. The number of fused-ring (bicyclic) bond motifs is 2. The number of hydrogen-bond donors (Lipinski definition) is 1. The lowest BCUT2D eigenvalue weighted by Crippen LogP contribution is -2.52. The van der Waals surface area contributed by atoms with E-state index in [1.807, 2.05) is 0 Å². The Morgan fingerprint density at radius 2 is 2.05 bits per heavy atom. The van der Waals surface area contributed by atoms with Crippen LogP contribution in [0.2, 0.25) is 0 Å². The predicted octanol–water partition coefficient (Wildman–Crippen LogP) is 2.89. The van der Waals surface area contributed by atoms with Crippen molar-refractivity contribution in [2.24, 2.45) is 23.2 Å². The number of rotatable bonds is 2. The second kappa shape index (κ2) is 5.04. The molecule has 2 heteroatoms. The van der Waals surface area contributed by atoms with Gasteiger partial charge in [-0.25, -0.2) is 0 Å². The minimum absolute atomic E-state index is 0.647. The summed E-state index contributed by atoms with van der Waals surface area (Å²) in [5.74, 6) is 3.28. The molecule has 0 amide bonds. The van der Waals surface area contributed by atoms with Gasteiger partial charge in [-0.2, -0.15) is 0 Å². The molecule has 2 aliphatic heterocycles. The molecular formula is C17H30N2. The molecule has 0 radical (unpaired) electrons. The van der Waals surface area contributed by atoms with Crippen molar-refractivity contribution in [2.75, 3.05) is 32.7 Å². The average molecular weight is 262 g/mol. The molecule has 2 bridgehead atoms. The lowest BCUT2D eigenvalue weighted by atomic mass is 9.74. The SMILES string of the molecule is C1CNCC2(C1)CCCN(CC1CC3CCC1C3)C2. The van der Waals surface area contributed by atoms with Crippen LogP contribution in [-0.4, -0.2) is 37.6 Å². The fourth-order valence-electron chi connectivity index (χ4n) is 5.78. The zero-order valence-corrected chi connectivity index (χ0v) is 12.4. The van der Waals surface area contributed by atoms with Crippen LogP contribution >= 0.6 is 0 Å². The second-order valence-electron chi connectivity index (χ2n) is 8.05. The van der Waals surface area contributed by atoms with Crippen molar-refractivity contribution in [3.8, 4) is 0 Å². The number of nitrogens with zero attached hydrogens (tertiary/aromatic N) is 1. The minimum Gasteiger partial charge on any atom is -0.316 e. The van der Waals surface area contributed by atoms with Gasteiger partial charge < -0.3 is 10.2 Å². The molecule has 2 aliphatic carbocycles. The van der Waals surface area contributed by atoms with E-state index in [1.165, 1.54) is 58.4 Å². The highest BCUT2D eigenvalue weighted by molar-refractivity contribution is 4.95. The van der Waals surface area contributed by atoms with Gasteiger partial charge >= 0.3 is 0 Å². The van der Waals surface area contributed by atoms with E-state index in [9.17, 15) is 0 Å². The lowest BCUT2D eigenvalue weighted by Gasteiger charge is -2.46. The van der Waals surface area contributed by atoms with Crippen molar-refractivity contribution >= 4 is 0 Å². The molecule has 4 unspecified atom stereocenters. The van der Waals surface area contributed by atoms with Crippen molar-refractivity contribution in [2.45, 2.75) is 51.4 Å². The van der Waals surface area contributed by atoms with Crippen LogP contribution in [0.3, 0.4) is 0 Å². The summed E-state index contributed by atoms with van der Waals surface area (Å²) >= 11 is 0. The first kappa shape index (κ1) is 12.6. The molecule has 4 atom stereocenters. The monoisotopic (exact) mass is 262 g/mol. The molecule has 2 heterocycles. The Bertz CT molecular complexity index is 316. The number of piperidine rings is 2. The third-order valence-electron chi connectivity index (χ3n) is 6.68. The van der Waals surface area contributed by atoms with Gasteiger partial charge in [0, 0.05) is 19.6 Å². The molecule has 0 aromatic carbocycles. The van der Waals surface area contributed by atoms with Gasteiger partial charge in [0.2, 0.25) is 0 Å². The highest BCUT2D eigenvalue weighted by Crippen LogP contribution is 2.49. The summed E-state index contributed by atoms with van der Waals surface area (Å²) in [7, 11) is 0. The van der Waals surface area contributed by atoms with Crippen LogP contribution in [-0.2, 0) is 0 Å². The molecular weight excluding hydrogens is 232 g/mol. The van der Waals surface area contributed by atoms with E-state index in [-0.39, 0.29) is 0 Å². The third-order valence-corrected chi connectivity index (χ3v) is 6.68. The molecule has 108 valence electrons. The van der Waals surface area contributed by atoms with Gasteiger partial charge in [-0.15, -0.1) is 0 Å². The van der Waals surface area contributed by atoms with Crippen LogP contribution in [0.1, 0.15) is 51.4 Å². The van der Waals surface area contributed by atoms with E-state index in [1.54, 1.807) is 25.7 Å². The normalized spacial score (nSPS) is 47.1. The molecule has 0 aromatic heterocycles. The van der Waals surface area contributed by atoms with Gasteiger partial charge in [0.25, 0.3) is 0 Å². The average Bonchev–Trinajstić information content (AvgIpc) is 3.02. The second-order valence-corrected chi connectivity index (χ2v) is 8.05. The maximum atomic E-state index is 3.66. The Morgan fingerprint density at radius 3 is 2.79 bits per heavy atom. The molecule has 2 saturated heterocycles. The van der Waals surface area contributed by atoms with E-state index < -0.39 is 0 Å². The zero-order chi connectivity index (χ0) is 12.7. The van der Waals surface area contributed by atoms with Crippen LogP contribution in [0, 0.1) is 23.2 Å². The van der Waals surface area contributed by atoms with Crippen molar-refractivity contribution in [1.29, 1.82) is 0 Å². The van der Waals surface area contributed by atoms with Crippen LogP contribution < -0.4 is 5.32 Å². The third kappa shape index (κ3) is 2.47. The van der Waals surface area contributed by atoms with E-state index in [4.69, 9.17) is 0 Å². The topological polar surface area (TPSA) is 15.3 Å². The summed E-state index contributed by atoms with van der Waals surface area (Å²) in [6.07, 6.45) is 12.0. The zero-order valence-electron chi connectivity index (χ0n) is 12.4. The molecule has 4 rings (SSSR count). The molecule has 2 saturated carbocycles. The number of nitrogens with one attached hydrogen (secondary N) is 1. The first-order chi connectivity index (χ1) is 9.33. The molecule has 4 fully saturated rings. The van der Waals surface area contributed by atoms with Crippen LogP contribution in [0.25, 0.3) is 0 Å². The summed E-state index contributed by atoms with van der Waals surface area (Å²) in [6.45, 7) is 6.76. The molecule has 0 aromatic rings. The van der Waals surface area contributed by atoms with Crippen LogP contribution in [0.5, 0.6) is 0 Å². The summed E-state index contributed by atoms with van der Waals surface area (Å²) < 4.78 is 0. The van der Waals surface area contributed by atoms with Gasteiger partial charge in [-0.3, -0.25) is 0 Å². The van der Waals surface area contributed by atoms with Gasteiger partial charge in [-0.1, -0.05) is 6.42 Å². The van der Waals surface area contributed by atoms with Crippen LogP contribution in [0.15, 0.2) is 0 Å². The Labute approximate surface area is 118 Å². The van der Waals surface area contributed by atoms with Crippen molar-refractivity contribution in [3.05, 3.63) is 0 Å². The smallest absolute Gasteiger partial charge is 0.00503 e. The maximum Gasteiger partial charge on any atom is 0.00503 e. The standard InChI is InChI=1S/C17H30N2/c1-5-17(12-18-7-1)6-2-8-19(13-17)11-16-10-14-3-4-15(16)9-14/h14-16,18H,1-13H2. The molecule has 19 heavy (non-hydrogen) atoms. The fourth-order valence-corrected chi connectivity index (χ4v) is 5.78. The Morgan fingerprint density at radius 1 is 1.11 bits per heavy atom. The Hall–Kier alpha value is -0.0800. The molecule has 2 nitrogen and oxygen atoms in total. The van der Waals surface area contributed by atoms with Gasteiger partial charge in [-0.05, 0) is 81.2 Å². The van der Waals surface area contributed by atoms with Gasteiger partial charge in [0.15, 0.2) is 0 Å². The van der Waals surface area contributed by atoms with Crippen LogP contribution in [0.4, 0.5) is 0 Å². The summed E-state index contributed by atoms with van der Waals surface area (Å²) in [5.41, 5.74) is 0.647. The highest BCUT2D eigenvalue weighted by atomic mass is 15.1. The van der Waals surface area contributed by atoms with E-state index >= 15 is 0 Å². The molecule has 1 N–H and O–H groups in total. The number of likely N-dealkylation sites (tertiary alicyclic amines) is 1. The fraction of sp³-hybridized carbons (Fsp3) is 1.00. The van der Waals surface area contributed by atoms with Crippen molar-refractivity contribution in [1.82, 2.24) is 10.2 Å². The quantitative estimate of drug-likeness (QED) is 0.823. The summed E-state index contributed by atoms with van der Waals surface area (Å²) in [6, 6.07) is 0. The summed E-state index contributed by atoms with van der Waals surface area (Å²) in [4.78, 5) is 2.85. The minimum atomic E-state index is 0.647. The van der Waals surface area contributed by atoms with E-state index in [0.29, 0.717) is 5.41 Å². The van der Waals surface area contributed by atoms with E-state index in [2.05, 4.69) is 10.2 Å². The summed E-state index contributed by atoms with van der Waals surface area (Å²) in [5, 5.41) is 3.66. The highest BCUT2D eigenvalue weighted by Gasteiger charge is 2.42. The first-order valence-electron chi connectivity index (χ1n) is 8.76. The molecule has 4 aliphatic rings. The maximum absolute atomic E-state index is 3.66. The largest absolute Gasteiger partial charge is 0.316 e. The van der Waals surface area contributed by atoms with Crippen molar-refractivity contribution in [3.63, 3.8) is 0 Å². The number of hydrogen-bond acceptors (Lipinski definition) is 2. The molecule has 1 spiro atoms. The predicted molar refractivity (Wildman–Crippen MR) is 79.1 cm³/mol. The van der Waals surface area contributed by atoms with E-state index in [0.717, 1.165) is 17.8 Å². The lowest BCUT2D eigenvalue weighted by molar-refractivity contribution is 0.0484. The van der Waals surface area contributed by atoms with Gasteiger partial charge in [0.1, 0.15) is 0 Å². The van der Waals surface area contributed by atoms with Gasteiger partial charge in [0.05, 0.1) is 0 Å². The Balaban J connectivity index is 1.36. The van der Waals surface area contributed by atoms with Crippen molar-refractivity contribution < 1.29 is 0 Å².